The van der Waals surface area contributed by atoms with Gasteiger partial charge in [0.2, 0.25) is 0 Å². The molecule has 2 aromatic rings. The first-order valence-corrected chi connectivity index (χ1v) is 6.21. The standard InChI is InChI=1S/C14H14ClNO3/c1-14(2,3)19-13(18)16-10-7-5-4-6-9(10)8-11(16)12(15)17/h4-8H,1-3H3. The molecule has 0 fully saturated rings. The van der Waals surface area contributed by atoms with Crippen molar-refractivity contribution >= 4 is 33.8 Å². The van der Waals surface area contributed by atoms with Crippen LogP contribution in [-0.2, 0) is 4.74 Å². The molecule has 1 heterocycles. The topological polar surface area (TPSA) is 48.3 Å². The van der Waals surface area contributed by atoms with E-state index in [1.165, 1.54) is 4.57 Å². The van der Waals surface area contributed by atoms with Crippen molar-refractivity contribution in [3.8, 4) is 0 Å². The lowest BCUT2D eigenvalue weighted by Crippen LogP contribution is -2.28. The number of halogens is 1. The zero-order valence-electron chi connectivity index (χ0n) is 10.9. The zero-order chi connectivity index (χ0) is 14.2. The van der Waals surface area contributed by atoms with Gasteiger partial charge >= 0.3 is 6.09 Å². The van der Waals surface area contributed by atoms with Gasteiger partial charge in [-0.1, -0.05) is 18.2 Å². The van der Waals surface area contributed by atoms with Crippen LogP contribution in [0, 0.1) is 0 Å². The molecule has 1 aromatic heterocycles. The molecule has 0 spiro atoms. The number of para-hydroxylation sites is 1. The third-order valence-electron chi connectivity index (χ3n) is 2.49. The fourth-order valence-electron chi connectivity index (χ4n) is 1.80. The second-order valence-electron chi connectivity index (χ2n) is 5.18. The highest BCUT2D eigenvalue weighted by Crippen LogP contribution is 2.22. The quantitative estimate of drug-likeness (QED) is 0.746. The van der Waals surface area contributed by atoms with Crippen LogP contribution >= 0.6 is 11.6 Å². The summed E-state index contributed by atoms with van der Waals surface area (Å²) in [6.45, 7) is 5.29. The van der Waals surface area contributed by atoms with E-state index in [-0.39, 0.29) is 5.69 Å². The van der Waals surface area contributed by atoms with Gasteiger partial charge < -0.3 is 4.74 Å². The van der Waals surface area contributed by atoms with Crippen LogP contribution in [0.2, 0.25) is 0 Å². The average molecular weight is 280 g/mol. The Balaban J connectivity index is 2.60. The lowest BCUT2D eigenvalue weighted by molar-refractivity contribution is 0.0537. The fraction of sp³-hybridized carbons (Fsp3) is 0.286. The van der Waals surface area contributed by atoms with Crippen molar-refractivity contribution in [2.75, 3.05) is 0 Å². The Morgan fingerprint density at radius 1 is 1.21 bits per heavy atom. The van der Waals surface area contributed by atoms with Gasteiger partial charge in [-0.05, 0) is 44.5 Å². The second kappa shape index (κ2) is 4.70. The second-order valence-corrected chi connectivity index (χ2v) is 5.52. The first-order valence-electron chi connectivity index (χ1n) is 5.83. The molecular formula is C14H14ClNO3. The van der Waals surface area contributed by atoms with Gasteiger partial charge in [0, 0.05) is 5.39 Å². The molecule has 100 valence electrons. The number of fused-ring (bicyclic) bond motifs is 1. The first-order chi connectivity index (χ1) is 8.79. The minimum absolute atomic E-state index is 0.108. The van der Waals surface area contributed by atoms with Crippen molar-refractivity contribution in [3.05, 3.63) is 36.0 Å². The summed E-state index contributed by atoms with van der Waals surface area (Å²) < 4.78 is 6.50. The maximum atomic E-state index is 12.2. The Labute approximate surface area is 115 Å². The molecule has 4 nitrogen and oxygen atoms in total. The molecule has 0 radical (unpaired) electrons. The Morgan fingerprint density at radius 3 is 2.42 bits per heavy atom. The van der Waals surface area contributed by atoms with Crippen LogP contribution in [0.25, 0.3) is 10.9 Å². The van der Waals surface area contributed by atoms with Gasteiger partial charge in [0.25, 0.3) is 5.24 Å². The largest absolute Gasteiger partial charge is 0.443 e. The van der Waals surface area contributed by atoms with Gasteiger partial charge in [-0.25, -0.2) is 9.36 Å². The van der Waals surface area contributed by atoms with Gasteiger partial charge in [-0.15, -0.1) is 0 Å². The van der Waals surface area contributed by atoms with E-state index in [0.717, 1.165) is 5.39 Å². The predicted molar refractivity (Wildman–Crippen MR) is 73.8 cm³/mol. The average Bonchev–Trinajstić information content (AvgIpc) is 2.65. The molecule has 0 saturated heterocycles. The Morgan fingerprint density at radius 2 is 1.84 bits per heavy atom. The van der Waals surface area contributed by atoms with Crippen molar-refractivity contribution in [3.63, 3.8) is 0 Å². The number of rotatable bonds is 1. The number of benzene rings is 1. The predicted octanol–water partition coefficient (Wildman–Crippen LogP) is 3.80. The van der Waals surface area contributed by atoms with Gasteiger partial charge in [0.15, 0.2) is 0 Å². The highest BCUT2D eigenvalue weighted by molar-refractivity contribution is 6.67. The number of hydrogen-bond acceptors (Lipinski definition) is 3. The van der Waals surface area contributed by atoms with Crippen LogP contribution in [0.15, 0.2) is 30.3 Å². The number of carbonyl (C=O) groups is 2. The summed E-state index contributed by atoms with van der Waals surface area (Å²) in [6, 6.07) is 8.73. The molecule has 0 aliphatic carbocycles. The number of aromatic nitrogens is 1. The minimum Gasteiger partial charge on any atom is -0.443 e. The molecule has 0 atom stereocenters. The summed E-state index contributed by atoms with van der Waals surface area (Å²) in [5, 5.41) is 0.0689. The summed E-state index contributed by atoms with van der Waals surface area (Å²) >= 11 is 5.53. The van der Waals surface area contributed by atoms with Crippen molar-refractivity contribution in [2.45, 2.75) is 26.4 Å². The maximum Gasteiger partial charge on any atom is 0.419 e. The zero-order valence-corrected chi connectivity index (χ0v) is 11.7. The molecule has 0 aliphatic heterocycles. The fourth-order valence-corrected chi connectivity index (χ4v) is 1.94. The first kappa shape index (κ1) is 13.6. The Kier molecular flexibility index (Phi) is 3.37. The van der Waals surface area contributed by atoms with Crippen LogP contribution in [0.4, 0.5) is 4.79 Å². The van der Waals surface area contributed by atoms with Crippen LogP contribution in [-0.4, -0.2) is 21.5 Å². The molecule has 19 heavy (non-hydrogen) atoms. The highest BCUT2D eigenvalue weighted by atomic mass is 35.5. The van der Waals surface area contributed by atoms with Gasteiger partial charge in [0.1, 0.15) is 11.3 Å². The van der Waals surface area contributed by atoms with Gasteiger partial charge in [0.05, 0.1) is 5.52 Å². The van der Waals surface area contributed by atoms with Crippen molar-refractivity contribution < 1.29 is 14.3 Å². The molecule has 2 rings (SSSR count). The van der Waals surface area contributed by atoms with Gasteiger partial charge in [-0.2, -0.15) is 0 Å². The molecule has 0 N–H and O–H groups in total. The number of hydrogen-bond donors (Lipinski definition) is 0. The van der Waals surface area contributed by atoms with E-state index >= 15 is 0 Å². The van der Waals surface area contributed by atoms with E-state index in [2.05, 4.69) is 0 Å². The molecule has 1 aromatic carbocycles. The maximum absolute atomic E-state index is 12.2. The van der Waals surface area contributed by atoms with Crippen molar-refractivity contribution in [1.29, 1.82) is 0 Å². The number of ether oxygens (including phenoxy) is 1. The van der Waals surface area contributed by atoms with Gasteiger partial charge in [-0.3, -0.25) is 4.79 Å². The van der Waals surface area contributed by atoms with E-state index in [4.69, 9.17) is 16.3 Å². The molecule has 0 bridgehead atoms. The van der Waals surface area contributed by atoms with E-state index < -0.39 is 16.9 Å². The molecule has 5 heteroatoms. The summed E-state index contributed by atoms with van der Waals surface area (Å²) in [6.07, 6.45) is -0.613. The summed E-state index contributed by atoms with van der Waals surface area (Å²) in [5.41, 5.74) is 0.0626. The lowest BCUT2D eigenvalue weighted by Gasteiger charge is -2.20. The van der Waals surface area contributed by atoms with Crippen LogP contribution < -0.4 is 0 Å². The normalized spacial score (nSPS) is 11.6. The van der Waals surface area contributed by atoms with Crippen molar-refractivity contribution in [2.24, 2.45) is 0 Å². The van der Waals surface area contributed by atoms with E-state index in [9.17, 15) is 9.59 Å². The Hall–Kier alpha value is -1.81. The number of nitrogens with zero attached hydrogens (tertiary/aromatic N) is 1. The Bertz CT molecular complexity index is 652. The smallest absolute Gasteiger partial charge is 0.419 e. The van der Waals surface area contributed by atoms with E-state index in [1.54, 1.807) is 45.0 Å². The van der Waals surface area contributed by atoms with Crippen LogP contribution in [0.3, 0.4) is 0 Å². The summed E-state index contributed by atoms with van der Waals surface area (Å²) in [7, 11) is 0. The summed E-state index contributed by atoms with van der Waals surface area (Å²) in [4.78, 5) is 23.6. The summed E-state index contributed by atoms with van der Waals surface area (Å²) in [5.74, 6) is 0. The number of carbonyl (C=O) groups excluding carboxylic acids is 2. The van der Waals surface area contributed by atoms with Crippen LogP contribution in [0.1, 0.15) is 31.3 Å². The molecule has 0 saturated carbocycles. The third-order valence-corrected chi connectivity index (χ3v) is 2.68. The van der Waals surface area contributed by atoms with E-state index in [0.29, 0.717) is 5.52 Å². The van der Waals surface area contributed by atoms with E-state index in [1.807, 2.05) is 6.07 Å². The van der Waals surface area contributed by atoms with Crippen molar-refractivity contribution in [1.82, 2.24) is 4.57 Å². The third kappa shape index (κ3) is 2.79. The molecular weight excluding hydrogens is 266 g/mol. The monoisotopic (exact) mass is 279 g/mol. The molecule has 0 aliphatic rings. The minimum atomic E-state index is -0.693. The highest BCUT2D eigenvalue weighted by Gasteiger charge is 2.24. The van der Waals surface area contributed by atoms with Crippen LogP contribution in [0.5, 0.6) is 0 Å². The SMILES string of the molecule is CC(C)(C)OC(=O)n1c(C(=O)Cl)cc2ccccc21. The molecule has 0 unspecified atom stereocenters. The lowest BCUT2D eigenvalue weighted by atomic mass is 10.2. The molecule has 0 amide bonds.